The van der Waals surface area contributed by atoms with E-state index in [0.29, 0.717) is 12.0 Å². The Morgan fingerprint density at radius 3 is 2.60 bits per heavy atom. The Kier molecular flexibility index (Phi) is 4.99. The van der Waals surface area contributed by atoms with Gasteiger partial charge in [0.15, 0.2) is 0 Å². The van der Waals surface area contributed by atoms with Crippen LogP contribution in [0, 0.1) is 5.92 Å². The van der Waals surface area contributed by atoms with Crippen LogP contribution in [0.5, 0.6) is 0 Å². The van der Waals surface area contributed by atoms with E-state index in [0.717, 1.165) is 37.9 Å². The summed E-state index contributed by atoms with van der Waals surface area (Å²) in [6.07, 6.45) is 8.48. The second-order valence-electron chi connectivity index (χ2n) is 5.42. The van der Waals surface area contributed by atoms with Crippen molar-refractivity contribution in [1.29, 1.82) is 0 Å². The van der Waals surface area contributed by atoms with Crippen LogP contribution >= 0.6 is 0 Å². The van der Waals surface area contributed by atoms with Gasteiger partial charge in [0.1, 0.15) is 0 Å². The van der Waals surface area contributed by atoms with Crippen molar-refractivity contribution < 1.29 is 14.3 Å². The molecule has 0 aromatic rings. The molecule has 1 aliphatic carbocycles. The molecule has 1 heterocycles. The minimum Gasteiger partial charge on any atom is -0.465 e. The lowest BCUT2D eigenvalue weighted by atomic mass is 9.87. The summed E-state index contributed by atoms with van der Waals surface area (Å²) in [4.78, 5) is 26.2. The first kappa shape index (κ1) is 14.8. The van der Waals surface area contributed by atoms with Gasteiger partial charge in [-0.05, 0) is 32.1 Å². The zero-order valence-corrected chi connectivity index (χ0v) is 12.4. The van der Waals surface area contributed by atoms with Crippen LogP contribution in [0.4, 0.5) is 0 Å². The Morgan fingerprint density at radius 2 is 2.00 bits per heavy atom. The maximum Gasteiger partial charge on any atom is 0.337 e. The van der Waals surface area contributed by atoms with Crippen LogP contribution < -0.4 is 0 Å². The number of esters is 1. The quantitative estimate of drug-likeness (QED) is 0.744. The van der Waals surface area contributed by atoms with Gasteiger partial charge in [-0.1, -0.05) is 24.6 Å². The van der Waals surface area contributed by atoms with Crippen LogP contribution in [-0.2, 0) is 14.3 Å². The molecule has 0 radical (unpaired) electrons. The van der Waals surface area contributed by atoms with E-state index in [1.165, 1.54) is 13.5 Å². The highest BCUT2D eigenvalue weighted by Gasteiger charge is 2.28. The number of rotatable bonds is 3. The van der Waals surface area contributed by atoms with E-state index in [9.17, 15) is 9.59 Å². The molecule has 1 unspecified atom stereocenters. The molecule has 1 saturated heterocycles. The predicted molar refractivity (Wildman–Crippen MR) is 77.0 cm³/mol. The summed E-state index contributed by atoms with van der Waals surface area (Å²) in [5.74, 6) is -0.214. The highest BCUT2D eigenvalue weighted by atomic mass is 16.5. The second-order valence-corrected chi connectivity index (χ2v) is 5.42. The third kappa shape index (κ3) is 3.11. The molecule has 1 aliphatic heterocycles. The number of likely N-dealkylation sites (tertiary alicyclic amines) is 1. The normalized spacial score (nSPS) is 22.9. The standard InChI is InChI=1S/C16H23NO3/c1-3-12-11-13(7-8-14(12)16(19)20-2)15(18)17-9-5-4-6-10-17/h7-8,13H,3-6,9-11H2,1-2H3. The van der Waals surface area contributed by atoms with Crippen LogP contribution in [0.1, 0.15) is 39.0 Å². The molecule has 0 N–H and O–H groups in total. The molecule has 2 rings (SSSR count). The van der Waals surface area contributed by atoms with Gasteiger partial charge in [0, 0.05) is 13.1 Å². The van der Waals surface area contributed by atoms with E-state index in [2.05, 4.69) is 0 Å². The fourth-order valence-corrected chi connectivity index (χ4v) is 2.95. The topological polar surface area (TPSA) is 46.6 Å². The summed E-state index contributed by atoms with van der Waals surface area (Å²) in [5, 5.41) is 0. The first-order valence-electron chi connectivity index (χ1n) is 7.44. The van der Waals surface area contributed by atoms with Gasteiger partial charge in [0.2, 0.25) is 5.91 Å². The molecule has 1 fully saturated rings. The van der Waals surface area contributed by atoms with Gasteiger partial charge in [0.05, 0.1) is 18.6 Å². The molecule has 0 bridgehead atoms. The number of amides is 1. The van der Waals surface area contributed by atoms with Gasteiger partial charge in [-0.3, -0.25) is 4.79 Å². The number of hydrogen-bond donors (Lipinski definition) is 0. The zero-order valence-electron chi connectivity index (χ0n) is 12.4. The average Bonchev–Trinajstić information content (AvgIpc) is 2.53. The van der Waals surface area contributed by atoms with E-state index in [1.807, 2.05) is 17.9 Å². The van der Waals surface area contributed by atoms with E-state index in [1.54, 1.807) is 6.08 Å². The lowest BCUT2D eigenvalue weighted by Crippen LogP contribution is -2.39. The van der Waals surface area contributed by atoms with Gasteiger partial charge in [-0.2, -0.15) is 0 Å². The molecule has 20 heavy (non-hydrogen) atoms. The molecule has 0 aromatic carbocycles. The van der Waals surface area contributed by atoms with Crippen LogP contribution in [0.2, 0.25) is 0 Å². The van der Waals surface area contributed by atoms with Gasteiger partial charge in [-0.25, -0.2) is 4.79 Å². The SMILES string of the molecule is CCC1=C(C(=O)OC)C=CC(C(=O)N2CCCCC2)C1. The minimum atomic E-state index is -0.304. The summed E-state index contributed by atoms with van der Waals surface area (Å²) >= 11 is 0. The number of methoxy groups -OCH3 is 1. The molecule has 4 heteroatoms. The van der Waals surface area contributed by atoms with Gasteiger partial charge in [-0.15, -0.1) is 0 Å². The average molecular weight is 277 g/mol. The van der Waals surface area contributed by atoms with Gasteiger partial charge >= 0.3 is 5.97 Å². The molecule has 0 spiro atoms. The summed E-state index contributed by atoms with van der Waals surface area (Å²) in [7, 11) is 1.39. The zero-order chi connectivity index (χ0) is 14.5. The van der Waals surface area contributed by atoms with E-state index in [-0.39, 0.29) is 17.8 Å². The highest BCUT2D eigenvalue weighted by molar-refractivity contribution is 5.94. The van der Waals surface area contributed by atoms with Crippen molar-refractivity contribution in [2.75, 3.05) is 20.2 Å². The number of ether oxygens (including phenoxy) is 1. The Hall–Kier alpha value is -1.58. The number of nitrogens with zero attached hydrogens (tertiary/aromatic N) is 1. The van der Waals surface area contributed by atoms with Crippen molar-refractivity contribution in [3.63, 3.8) is 0 Å². The highest BCUT2D eigenvalue weighted by Crippen LogP contribution is 2.28. The molecule has 4 nitrogen and oxygen atoms in total. The number of piperidine rings is 1. The van der Waals surface area contributed by atoms with Crippen molar-refractivity contribution in [3.05, 3.63) is 23.3 Å². The van der Waals surface area contributed by atoms with Crippen molar-refractivity contribution in [2.24, 2.45) is 5.92 Å². The predicted octanol–water partition coefficient (Wildman–Crippen LogP) is 2.45. The maximum absolute atomic E-state index is 12.5. The lowest BCUT2D eigenvalue weighted by Gasteiger charge is -2.31. The lowest BCUT2D eigenvalue weighted by molar-refractivity contribution is -0.137. The van der Waals surface area contributed by atoms with Crippen LogP contribution in [0.15, 0.2) is 23.3 Å². The van der Waals surface area contributed by atoms with E-state index in [4.69, 9.17) is 4.74 Å². The van der Waals surface area contributed by atoms with Gasteiger partial charge in [0.25, 0.3) is 0 Å². The molecule has 1 amide bonds. The van der Waals surface area contributed by atoms with E-state index >= 15 is 0 Å². The molecule has 2 aliphatic rings. The fraction of sp³-hybridized carbons (Fsp3) is 0.625. The van der Waals surface area contributed by atoms with Crippen molar-refractivity contribution >= 4 is 11.9 Å². The Balaban J connectivity index is 2.07. The maximum atomic E-state index is 12.5. The smallest absolute Gasteiger partial charge is 0.337 e. The number of hydrogen-bond acceptors (Lipinski definition) is 3. The molecular weight excluding hydrogens is 254 g/mol. The summed E-state index contributed by atoms with van der Waals surface area (Å²) in [6.45, 7) is 3.76. The first-order chi connectivity index (χ1) is 9.67. The number of carbonyl (C=O) groups excluding carboxylic acids is 2. The molecule has 0 saturated carbocycles. The van der Waals surface area contributed by atoms with Crippen LogP contribution in [-0.4, -0.2) is 37.0 Å². The third-order valence-corrected chi connectivity index (χ3v) is 4.16. The first-order valence-corrected chi connectivity index (χ1v) is 7.44. The van der Waals surface area contributed by atoms with Crippen molar-refractivity contribution in [3.8, 4) is 0 Å². The molecular formula is C16H23NO3. The molecule has 110 valence electrons. The van der Waals surface area contributed by atoms with Crippen molar-refractivity contribution in [2.45, 2.75) is 39.0 Å². The monoisotopic (exact) mass is 277 g/mol. The third-order valence-electron chi connectivity index (χ3n) is 4.16. The molecule has 1 atom stereocenters. The van der Waals surface area contributed by atoms with E-state index < -0.39 is 0 Å². The van der Waals surface area contributed by atoms with Crippen LogP contribution in [0.3, 0.4) is 0 Å². The Morgan fingerprint density at radius 1 is 1.30 bits per heavy atom. The van der Waals surface area contributed by atoms with Crippen LogP contribution in [0.25, 0.3) is 0 Å². The number of allylic oxidation sites excluding steroid dienone is 1. The fourth-order valence-electron chi connectivity index (χ4n) is 2.95. The summed E-state index contributed by atoms with van der Waals surface area (Å²) in [6, 6.07) is 0. The van der Waals surface area contributed by atoms with Gasteiger partial charge < -0.3 is 9.64 Å². The van der Waals surface area contributed by atoms with Crippen molar-refractivity contribution in [1.82, 2.24) is 4.90 Å². The largest absolute Gasteiger partial charge is 0.465 e. The second kappa shape index (κ2) is 6.73. The Labute approximate surface area is 120 Å². The summed E-state index contributed by atoms with van der Waals surface area (Å²) < 4.78 is 4.79. The number of carbonyl (C=O) groups is 2. The minimum absolute atomic E-state index is 0.114. The Bertz CT molecular complexity index is 445. The molecule has 0 aromatic heterocycles. The summed E-state index contributed by atoms with van der Waals surface area (Å²) in [5.41, 5.74) is 1.65.